The van der Waals surface area contributed by atoms with Crippen LogP contribution < -0.4 is 5.32 Å². The highest BCUT2D eigenvalue weighted by Gasteiger charge is 2.16. The number of pyridine rings is 1. The number of likely N-dealkylation sites (N-methyl/N-ethyl adjacent to an activating group) is 1. The Hall–Kier alpha value is -1.88. The van der Waals surface area contributed by atoms with Crippen molar-refractivity contribution < 1.29 is 4.79 Å². The molecule has 5 nitrogen and oxygen atoms in total. The van der Waals surface area contributed by atoms with Crippen LogP contribution in [0.15, 0.2) is 30.7 Å². The molecule has 2 heterocycles. The molecular weight excluding hydrogens is 264 g/mol. The Labute approximate surface area is 126 Å². The first-order valence-electron chi connectivity index (χ1n) is 7.34. The second kappa shape index (κ2) is 6.72. The SMILES string of the molecule is CC(C)CC(CN(C)C)NC(=O)c1ccc2nccn2c1. The lowest BCUT2D eigenvalue weighted by Gasteiger charge is -2.24. The molecule has 5 heteroatoms. The van der Waals surface area contributed by atoms with Crippen LogP contribution in [0, 0.1) is 5.92 Å². The van der Waals surface area contributed by atoms with Gasteiger partial charge in [0.15, 0.2) is 0 Å². The van der Waals surface area contributed by atoms with E-state index < -0.39 is 0 Å². The van der Waals surface area contributed by atoms with Gasteiger partial charge in [0.05, 0.1) is 5.56 Å². The van der Waals surface area contributed by atoms with Gasteiger partial charge in [-0.15, -0.1) is 0 Å². The molecule has 0 aliphatic rings. The second-order valence-corrected chi connectivity index (χ2v) is 6.17. The first kappa shape index (κ1) is 15.5. The maximum atomic E-state index is 12.4. The number of fused-ring (bicyclic) bond motifs is 1. The van der Waals surface area contributed by atoms with Crippen molar-refractivity contribution in [2.45, 2.75) is 26.3 Å². The monoisotopic (exact) mass is 288 g/mol. The van der Waals surface area contributed by atoms with Crippen molar-refractivity contribution in [3.05, 3.63) is 36.3 Å². The fourth-order valence-electron chi connectivity index (χ4n) is 2.51. The predicted molar refractivity (Wildman–Crippen MR) is 84.5 cm³/mol. The highest BCUT2D eigenvalue weighted by atomic mass is 16.1. The number of imidazole rings is 1. The van der Waals surface area contributed by atoms with Gasteiger partial charge in [0.25, 0.3) is 5.91 Å². The van der Waals surface area contributed by atoms with Crippen LogP contribution in [0.2, 0.25) is 0 Å². The van der Waals surface area contributed by atoms with Gasteiger partial charge >= 0.3 is 0 Å². The fourth-order valence-corrected chi connectivity index (χ4v) is 2.51. The summed E-state index contributed by atoms with van der Waals surface area (Å²) in [7, 11) is 4.05. The summed E-state index contributed by atoms with van der Waals surface area (Å²) in [6, 6.07) is 3.84. The van der Waals surface area contributed by atoms with E-state index in [1.54, 1.807) is 6.20 Å². The van der Waals surface area contributed by atoms with Crippen LogP contribution in [0.3, 0.4) is 0 Å². The molecular formula is C16H24N4O. The van der Waals surface area contributed by atoms with Crippen molar-refractivity contribution in [3.8, 4) is 0 Å². The molecule has 0 spiro atoms. The normalized spacial score (nSPS) is 13.0. The van der Waals surface area contributed by atoms with Gasteiger partial charge < -0.3 is 14.6 Å². The highest BCUT2D eigenvalue weighted by Crippen LogP contribution is 2.09. The third-order valence-electron chi connectivity index (χ3n) is 3.33. The lowest BCUT2D eigenvalue weighted by Crippen LogP contribution is -2.42. The summed E-state index contributed by atoms with van der Waals surface area (Å²) in [4.78, 5) is 18.7. The molecule has 1 N–H and O–H groups in total. The van der Waals surface area contributed by atoms with Gasteiger partial charge in [0, 0.05) is 31.2 Å². The minimum Gasteiger partial charge on any atom is -0.348 e. The van der Waals surface area contributed by atoms with E-state index in [-0.39, 0.29) is 11.9 Å². The first-order chi connectivity index (χ1) is 9.95. The predicted octanol–water partition coefficient (Wildman–Crippen LogP) is 2.04. The van der Waals surface area contributed by atoms with Gasteiger partial charge in [0.2, 0.25) is 0 Å². The number of carbonyl (C=O) groups excluding carboxylic acids is 1. The molecule has 1 atom stereocenters. The van der Waals surface area contributed by atoms with Crippen molar-refractivity contribution in [1.82, 2.24) is 19.6 Å². The molecule has 1 unspecified atom stereocenters. The molecule has 2 rings (SSSR count). The lowest BCUT2D eigenvalue weighted by atomic mass is 10.0. The van der Waals surface area contributed by atoms with E-state index >= 15 is 0 Å². The van der Waals surface area contributed by atoms with Crippen LogP contribution in [0.4, 0.5) is 0 Å². The maximum Gasteiger partial charge on any atom is 0.253 e. The third kappa shape index (κ3) is 4.29. The smallest absolute Gasteiger partial charge is 0.253 e. The summed E-state index contributed by atoms with van der Waals surface area (Å²) in [5, 5.41) is 3.14. The van der Waals surface area contributed by atoms with Gasteiger partial charge in [-0.2, -0.15) is 0 Å². The number of hydrogen-bond donors (Lipinski definition) is 1. The molecule has 0 fully saturated rings. The molecule has 0 radical (unpaired) electrons. The Kier molecular flexibility index (Phi) is 4.96. The second-order valence-electron chi connectivity index (χ2n) is 6.17. The van der Waals surface area contributed by atoms with Crippen LogP contribution in [-0.4, -0.2) is 46.9 Å². The number of carbonyl (C=O) groups is 1. The molecule has 0 aliphatic heterocycles. The Morgan fingerprint density at radius 1 is 1.38 bits per heavy atom. The third-order valence-corrected chi connectivity index (χ3v) is 3.33. The Morgan fingerprint density at radius 2 is 2.14 bits per heavy atom. The number of hydrogen-bond acceptors (Lipinski definition) is 3. The maximum absolute atomic E-state index is 12.4. The summed E-state index contributed by atoms with van der Waals surface area (Å²) in [6.07, 6.45) is 6.36. The largest absolute Gasteiger partial charge is 0.348 e. The Balaban J connectivity index is 2.09. The van der Waals surface area contributed by atoms with E-state index in [1.807, 2.05) is 43.0 Å². The van der Waals surface area contributed by atoms with E-state index in [0.717, 1.165) is 18.6 Å². The number of nitrogens with one attached hydrogen (secondary N) is 1. The van der Waals surface area contributed by atoms with Crippen molar-refractivity contribution in [2.75, 3.05) is 20.6 Å². The quantitative estimate of drug-likeness (QED) is 0.885. The summed E-state index contributed by atoms with van der Waals surface area (Å²) < 4.78 is 1.86. The zero-order chi connectivity index (χ0) is 15.4. The Bertz CT molecular complexity index is 593. The van der Waals surface area contributed by atoms with Crippen molar-refractivity contribution in [3.63, 3.8) is 0 Å². The van der Waals surface area contributed by atoms with Crippen LogP contribution in [0.1, 0.15) is 30.6 Å². The summed E-state index contributed by atoms with van der Waals surface area (Å²) in [6.45, 7) is 5.19. The first-order valence-corrected chi connectivity index (χ1v) is 7.34. The van der Waals surface area contributed by atoms with Gasteiger partial charge in [-0.1, -0.05) is 13.8 Å². The highest BCUT2D eigenvalue weighted by molar-refractivity contribution is 5.94. The van der Waals surface area contributed by atoms with Crippen LogP contribution in [0.25, 0.3) is 5.65 Å². The summed E-state index contributed by atoms with van der Waals surface area (Å²) in [5.41, 5.74) is 1.51. The van der Waals surface area contributed by atoms with Gasteiger partial charge in [-0.3, -0.25) is 4.79 Å². The van der Waals surface area contributed by atoms with E-state index in [2.05, 4.69) is 29.0 Å². The van der Waals surface area contributed by atoms with Crippen molar-refractivity contribution in [2.24, 2.45) is 5.92 Å². The molecule has 2 aromatic heterocycles. The molecule has 0 saturated carbocycles. The van der Waals surface area contributed by atoms with E-state index in [1.165, 1.54) is 0 Å². The molecule has 1 amide bonds. The van der Waals surface area contributed by atoms with Crippen molar-refractivity contribution >= 4 is 11.6 Å². The summed E-state index contributed by atoms with van der Waals surface area (Å²) >= 11 is 0. The standard InChI is InChI=1S/C16H24N4O/c1-12(2)9-14(11-19(3)4)18-16(21)13-5-6-15-17-7-8-20(15)10-13/h5-8,10,12,14H,9,11H2,1-4H3,(H,18,21). The average Bonchev–Trinajstić information content (AvgIpc) is 2.83. The van der Waals surface area contributed by atoms with Crippen LogP contribution in [-0.2, 0) is 0 Å². The van der Waals surface area contributed by atoms with E-state index in [0.29, 0.717) is 11.5 Å². The molecule has 114 valence electrons. The topological polar surface area (TPSA) is 49.6 Å². The van der Waals surface area contributed by atoms with Crippen LogP contribution in [0.5, 0.6) is 0 Å². The molecule has 0 aliphatic carbocycles. The minimum atomic E-state index is -0.0295. The van der Waals surface area contributed by atoms with E-state index in [4.69, 9.17) is 0 Å². The zero-order valence-corrected chi connectivity index (χ0v) is 13.2. The number of rotatable bonds is 6. The van der Waals surface area contributed by atoms with Gasteiger partial charge in [-0.25, -0.2) is 4.98 Å². The molecule has 21 heavy (non-hydrogen) atoms. The molecule has 0 bridgehead atoms. The molecule has 0 aromatic carbocycles. The number of aromatic nitrogens is 2. The van der Waals surface area contributed by atoms with E-state index in [9.17, 15) is 4.79 Å². The average molecular weight is 288 g/mol. The Morgan fingerprint density at radius 3 is 2.81 bits per heavy atom. The van der Waals surface area contributed by atoms with Crippen molar-refractivity contribution in [1.29, 1.82) is 0 Å². The zero-order valence-electron chi connectivity index (χ0n) is 13.2. The molecule has 0 saturated heterocycles. The molecule has 2 aromatic rings. The minimum absolute atomic E-state index is 0.0295. The lowest BCUT2D eigenvalue weighted by molar-refractivity contribution is 0.0924. The number of nitrogens with zero attached hydrogens (tertiary/aromatic N) is 3. The fraction of sp³-hybridized carbons (Fsp3) is 0.500. The number of amides is 1. The van der Waals surface area contributed by atoms with Gasteiger partial charge in [0.1, 0.15) is 5.65 Å². The summed E-state index contributed by atoms with van der Waals surface area (Å²) in [5.74, 6) is 0.518. The van der Waals surface area contributed by atoms with Gasteiger partial charge in [-0.05, 0) is 38.6 Å². The van der Waals surface area contributed by atoms with Crippen LogP contribution >= 0.6 is 0 Å².